The highest BCUT2D eigenvalue weighted by Gasteiger charge is 2.15. The summed E-state index contributed by atoms with van der Waals surface area (Å²) in [5, 5.41) is 6.07. The molecule has 0 fully saturated rings. The molecule has 6 heteroatoms. The monoisotopic (exact) mass is 346 g/mol. The fraction of sp³-hybridized carbons (Fsp3) is 0.222. The molecule has 2 amide bonds. The Morgan fingerprint density at radius 3 is 2.38 bits per heavy atom. The van der Waals surface area contributed by atoms with Gasteiger partial charge in [-0.2, -0.15) is 0 Å². The van der Waals surface area contributed by atoms with Crippen molar-refractivity contribution >= 4 is 34.8 Å². The second kappa shape index (κ2) is 7.84. The fourth-order valence-electron chi connectivity index (χ4n) is 2.07. The second-order valence-corrected chi connectivity index (χ2v) is 5.83. The molecule has 5 nitrogen and oxygen atoms in total. The van der Waals surface area contributed by atoms with Gasteiger partial charge in [-0.05, 0) is 55.8 Å². The number of carbonyl (C=O) groups is 2. The Morgan fingerprint density at radius 2 is 1.75 bits per heavy atom. The molecule has 0 aliphatic heterocycles. The maximum Gasteiger partial charge on any atom is 0.265 e. The highest BCUT2D eigenvalue weighted by atomic mass is 35.5. The zero-order valence-corrected chi connectivity index (χ0v) is 14.5. The lowest BCUT2D eigenvalue weighted by molar-refractivity contribution is -0.122. The molecular formula is C18H19ClN2O3. The maximum atomic E-state index is 12.3. The summed E-state index contributed by atoms with van der Waals surface area (Å²) in [6.07, 6.45) is -0.685. The van der Waals surface area contributed by atoms with Gasteiger partial charge in [0.25, 0.3) is 5.91 Å². The summed E-state index contributed by atoms with van der Waals surface area (Å²) < 4.78 is 5.64. The molecule has 0 bridgehead atoms. The minimum Gasteiger partial charge on any atom is -0.481 e. The van der Waals surface area contributed by atoms with E-state index in [1.54, 1.807) is 49.4 Å². The molecule has 0 saturated heterocycles. The van der Waals surface area contributed by atoms with Crippen molar-refractivity contribution in [1.82, 2.24) is 0 Å². The van der Waals surface area contributed by atoms with Crippen LogP contribution in [-0.2, 0) is 9.59 Å². The van der Waals surface area contributed by atoms with Crippen LogP contribution in [0.5, 0.6) is 5.75 Å². The summed E-state index contributed by atoms with van der Waals surface area (Å²) >= 11 is 5.97. The van der Waals surface area contributed by atoms with Crippen LogP contribution in [0.4, 0.5) is 11.4 Å². The van der Waals surface area contributed by atoms with Crippen LogP contribution in [0.15, 0.2) is 42.5 Å². The first-order chi connectivity index (χ1) is 11.3. The van der Waals surface area contributed by atoms with E-state index in [2.05, 4.69) is 10.6 Å². The molecular weight excluding hydrogens is 328 g/mol. The van der Waals surface area contributed by atoms with Crippen molar-refractivity contribution in [3.63, 3.8) is 0 Å². The number of ether oxygens (including phenoxy) is 1. The van der Waals surface area contributed by atoms with Gasteiger partial charge in [0.05, 0.1) is 0 Å². The molecule has 0 aliphatic rings. The standard InChI is InChI=1S/C18H19ClN2O3/c1-11-9-16(7-8-17(11)19)24-12(2)18(23)21-15-6-4-5-14(10-15)20-13(3)22/h4-10,12H,1-3H3,(H,20,22)(H,21,23). The Labute approximate surface area is 146 Å². The van der Waals surface area contributed by atoms with Gasteiger partial charge in [-0.1, -0.05) is 17.7 Å². The van der Waals surface area contributed by atoms with E-state index in [0.29, 0.717) is 22.1 Å². The van der Waals surface area contributed by atoms with Gasteiger partial charge in [0, 0.05) is 23.3 Å². The highest BCUT2D eigenvalue weighted by Crippen LogP contribution is 2.22. The van der Waals surface area contributed by atoms with E-state index in [4.69, 9.17) is 16.3 Å². The van der Waals surface area contributed by atoms with E-state index in [-0.39, 0.29) is 11.8 Å². The first-order valence-corrected chi connectivity index (χ1v) is 7.84. The third-order valence-electron chi connectivity index (χ3n) is 3.26. The predicted molar refractivity (Wildman–Crippen MR) is 95.7 cm³/mol. The van der Waals surface area contributed by atoms with Crippen LogP contribution in [0, 0.1) is 6.92 Å². The van der Waals surface area contributed by atoms with Crippen molar-refractivity contribution < 1.29 is 14.3 Å². The Morgan fingerprint density at radius 1 is 1.08 bits per heavy atom. The minimum absolute atomic E-state index is 0.173. The number of carbonyl (C=O) groups excluding carboxylic acids is 2. The Hall–Kier alpha value is -2.53. The quantitative estimate of drug-likeness (QED) is 0.859. The molecule has 2 rings (SSSR count). The summed E-state index contributed by atoms with van der Waals surface area (Å²) in [6, 6.07) is 12.1. The van der Waals surface area contributed by atoms with E-state index < -0.39 is 6.10 Å². The number of hydrogen-bond acceptors (Lipinski definition) is 3. The predicted octanol–water partition coefficient (Wildman–Crippen LogP) is 4.01. The number of aryl methyl sites for hydroxylation is 1. The summed E-state index contributed by atoms with van der Waals surface area (Å²) in [5.74, 6) is 0.113. The maximum absolute atomic E-state index is 12.3. The van der Waals surface area contributed by atoms with Gasteiger partial charge < -0.3 is 15.4 Å². The molecule has 0 aliphatic carbocycles. The number of benzene rings is 2. The average molecular weight is 347 g/mol. The lowest BCUT2D eigenvalue weighted by Crippen LogP contribution is -2.30. The Kier molecular flexibility index (Phi) is 5.82. The van der Waals surface area contributed by atoms with Crippen molar-refractivity contribution in [2.45, 2.75) is 26.9 Å². The lowest BCUT2D eigenvalue weighted by atomic mass is 10.2. The van der Waals surface area contributed by atoms with E-state index >= 15 is 0 Å². The largest absolute Gasteiger partial charge is 0.481 e. The summed E-state index contributed by atoms with van der Waals surface area (Å²) in [7, 11) is 0. The molecule has 0 saturated carbocycles. The SMILES string of the molecule is CC(=O)Nc1cccc(NC(=O)C(C)Oc2ccc(Cl)c(C)c2)c1. The van der Waals surface area contributed by atoms with Crippen LogP contribution < -0.4 is 15.4 Å². The lowest BCUT2D eigenvalue weighted by Gasteiger charge is -2.16. The molecule has 2 N–H and O–H groups in total. The normalized spacial score (nSPS) is 11.5. The van der Waals surface area contributed by atoms with Crippen LogP contribution in [-0.4, -0.2) is 17.9 Å². The van der Waals surface area contributed by atoms with Gasteiger partial charge in [0.2, 0.25) is 5.91 Å². The van der Waals surface area contributed by atoms with Gasteiger partial charge in [-0.3, -0.25) is 9.59 Å². The van der Waals surface area contributed by atoms with Crippen molar-refractivity contribution in [2.75, 3.05) is 10.6 Å². The van der Waals surface area contributed by atoms with Crippen LogP contribution in [0.2, 0.25) is 5.02 Å². The van der Waals surface area contributed by atoms with Crippen molar-refractivity contribution in [3.05, 3.63) is 53.1 Å². The van der Waals surface area contributed by atoms with E-state index in [1.165, 1.54) is 6.92 Å². The summed E-state index contributed by atoms with van der Waals surface area (Å²) in [5.41, 5.74) is 2.07. The molecule has 0 radical (unpaired) electrons. The molecule has 0 aromatic heterocycles. The van der Waals surface area contributed by atoms with Gasteiger partial charge in [0.1, 0.15) is 5.75 Å². The average Bonchev–Trinajstić information content (AvgIpc) is 2.50. The topological polar surface area (TPSA) is 67.4 Å². The van der Waals surface area contributed by atoms with Crippen LogP contribution in [0.3, 0.4) is 0 Å². The van der Waals surface area contributed by atoms with Gasteiger partial charge in [-0.25, -0.2) is 0 Å². The first kappa shape index (κ1) is 17.8. The number of anilines is 2. The van der Waals surface area contributed by atoms with Gasteiger partial charge in [0.15, 0.2) is 6.10 Å². The van der Waals surface area contributed by atoms with Gasteiger partial charge in [-0.15, -0.1) is 0 Å². The minimum atomic E-state index is -0.685. The number of halogens is 1. The molecule has 2 aromatic rings. The van der Waals surface area contributed by atoms with E-state index in [1.807, 2.05) is 6.92 Å². The molecule has 126 valence electrons. The molecule has 24 heavy (non-hydrogen) atoms. The summed E-state index contributed by atoms with van der Waals surface area (Å²) in [6.45, 7) is 4.96. The van der Waals surface area contributed by atoms with E-state index in [9.17, 15) is 9.59 Å². The molecule has 1 unspecified atom stereocenters. The van der Waals surface area contributed by atoms with E-state index in [0.717, 1.165) is 5.56 Å². The molecule has 1 atom stereocenters. The van der Waals surface area contributed by atoms with Crippen molar-refractivity contribution in [1.29, 1.82) is 0 Å². The fourth-order valence-corrected chi connectivity index (χ4v) is 2.19. The Balaban J connectivity index is 2.00. The number of amides is 2. The first-order valence-electron chi connectivity index (χ1n) is 7.46. The van der Waals surface area contributed by atoms with Crippen LogP contribution in [0.25, 0.3) is 0 Å². The third-order valence-corrected chi connectivity index (χ3v) is 3.69. The number of hydrogen-bond donors (Lipinski definition) is 2. The zero-order chi connectivity index (χ0) is 17.7. The number of rotatable bonds is 5. The number of nitrogens with one attached hydrogen (secondary N) is 2. The highest BCUT2D eigenvalue weighted by molar-refractivity contribution is 6.31. The molecule has 0 spiro atoms. The second-order valence-electron chi connectivity index (χ2n) is 5.42. The van der Waals surface area contributed by atoms with Crippen molar-refractivity contribution in [2.24, 2.45) is 0 Å². The smallest absolute Gasteiger partial charge is 0.265 e. The van der Waals surface area contributed by atoms with Crippen LogP contribution >= 0.6 is 11.6 Å². The third kappa shape index (κ3) is 4.99. The van der Waals surface area contributed by atoms with Crippen molar-refractivity contribution in [3.8, 4) is 5.75 Å². The van der Waals surface area contributed by atoms with Crippen LogP contribution in [0.1, 0.15) is 19.4 Å². The Bertz CT molecular complexity index is 762. The molecule has 0 heterocycles. The zero-order valence-electron chi connectivity index (χ0n) is 13.7. The molecule has 2 aromatic carbocycles. The summed E-state index contributed by atoms with van der Waals surface area (Å²) in [4.78, 5) is 23.3. The van der Waals surface area contributed by atoms with Gasteiger partial charge >= 0.3 is 0 Å².